The molecule has 1 aliphatic carbocycles. The third-order valence-electron chi connectivity index (χ3n) is 12.5. The second-order valence-corrected chi connectivity index (χ2v) is 16.8. The average Bonchev–Trinajstić information content (AvgIpc) is 3.92. The van der Waals surface area contributed by atoms with Crippen LogP contribution in [0.5, 0.6) is 28.7 Å². The van der Waals surface area contributed by atoms with Crippen LogP contribution in [-0.4, -0.2) is 100 Å². The van der Waals surface area contributed by atoms with Crippen molar-refractivity contribution in [2.75, 3.05) is 40.8 Å². The van der Waals surface area contributed by atoms with Gasteiger partial charge in [0, 0.05) is 11.8 Å². The third-order valence-corrected chi connectivity index (χ3v) is 12.5. The number of carbonyl (C=O) groups is 2. The first-order valence-electron chi connectivity index (χ1n) is 22.7. The minimum absolute atomic E-state index is 0.00115. The highest BCUT2D eigenvalue weighted by Gasteiger charge is 2.56. The van der Waals surface area contributed by atoms with Crippen molar-refractivity contribution in [3.8, 4) is 28.7 Å². The normalized spacial score (nSPS) is 28.4. The summed E-state index contributed by atoms with van der Waals surface area (Å²) in [5.74, 6) is -1.10. The fraction of sp³-hybridized carbons (Fsp3) is 0.625. The van der Waals surface area contributed by atoms with E-state index in [4.69, 9.17) is 52.1 Å². The molecule has 2 aromatic carbocycles. The van der Waals surface area contributed by atoms with Crippen molar-refractivity contribution in [1.82, 2.24) is 0 Å². The molecule has 10 atom stereocenters. The molecule has 15 heteroatoms. The molecular weight excluding hydrogens is 817 g/mol. The minimum Gasteiger partial charge on any atom is -0.493 e. The van der Waals surface area contributed by atoms with Gasteiger partial charge in [-0.05, 0) is 86.4 Å². The second kappa shape index (κ2) is 22.5. The Labute approximate surface area is 369 Å². The summed E-state index contributed by atoms with van der Waals surface area (Å²) in [6.07, 6.45) is 14.4. The minimum atomic E-state index is -1.47. The molecule has 7 rings (SSSR count). The standard InChI is InChI=1S/C48H64O15/c1-5-6-7-8-9-10-11-12-13-14-15-16-17-18-19-20-21-55-48(52)63-44-36(53-3)22-30(23-37(44)54-4)39-31-24-34-35(59-28-58-34)25-32(31)43(33-26-57-46(51)40(33)39)62-47-42(50)41(49)45-38(61-47)27-56-29(2)60-45/h9-10,12-13,22-25,29,33,38-43,45,47,49-50H,5-8,11,14-21,26-28H2,1-4H3/b10-9-,13-12-/t29-,33+,38-,39-,40+,41-,42-,43-,45-,47+/m1/s1. The SMILES string of the molecule is CCCCC/C=C\C/C=C\CCCCCCCCOC(=O)Oc1c(OC)cc([C@@H]2c3cc4c(cc3[C@@H](O[C@@H]3O[C@@H]5CO[C@@H](C)O[C@H]5[C@H](O)[C@H]3O)[C@H]3COC(=O)[C@H]23)OCO4)cc1OC. The van der Waals surface area contributed by atoms with E-state index >= 15 is 0 Å². The average molecular weight is 881 g/mol. The summed E-state index contributed by atoms with van der Waals surface area (Å²) >= 11 is 0. The molecule has 0 bridgehead atoms. The summed E-state index contributed by atoms with van der Waals surface area (Å²) < 4.78 is 64.0. The Morgan fingerprint density at radius 1 is 0.794 bits per heavy atom. The molecular formula is C48H64O15. The number of hydrogen-bond donors (Lipinski definition) is 2. The molecule has 0 spiro atoms. The van der Waals surface area contributed by atoms with Crippen LogP contribution in [0.15, 0.2) is 48.6 Å². The molecule has 4 heterocycles. The Bertz CT molecular complexity index is 1870. The molecule has 0 radical (unpaired) electrons. The molecule has 346 valence electrons. The van der Waals surface area contributed by atoms with Crippen LogP contribution in [0.4, 0.5) is 4.79 Å². The van der Waals surface area contributed by atoms with Crippen molar-refractivity contribution in [3.05, 3.63) is 65.3 Å². The van der Waals surface area contributed by atoms with Crippen LogP contribution in [0.3, 0.4) is 0 Å². The Kier molecular flexibility index (Phi) is 16.6. The molecule has 63 heavy (non-hydrogen) atoms. The highest BCUT2D eigenvalue weighted by molar-refractivity contribution is 5.79. The van der Waals surface area contributed by atoms with E-state index in [1.54, 1.807) is 25.1 Å². The maximum Gasteiger partial charge on any atom is 0.514 e. The van der Waals surface area contributed by atoms with E-state index in [2.05, 4.69) is 31.2 Å². The first-order valence-corrected chi connectivity index (χ1v) is 22.7. The zero-order valence-electron chi connectivity index (χ0n) is 36.9. The number of fused-ring (bicyclic) bond motifs is 4. The van der Waals surface area contributed by atoms with Crippen molar-refractivity contribution in [2.45, 2.75) is 140 Å². The maximum absolute atomic E-state index is 13.8. The number of rotatable bonds is 21. The van der Waals surface area contributed by atoms with Gasteiger partial charge >= 0.3 is 12.1 Å². The first kappa shape index (κ1) is 46.6. The van der Waals surface area contributed by atoms with E-state index in [0.717, 1.165) is 32.1 Å². The molecule has 5 aliphatic rings. The van der Waals surface area contributed by atoms with Crippen LogP contribution in [0.1, 0.15) is 120 Å². The number of methoxy groups -OCH3 is 2. The van der Waals surface area contributed by atoms with Crippen LogP contribution in [0, 0.1) is 11.8 Å². The van der Waals surface area contributed by atoms with Crippen LogP contribution in [-0.2, 0) is 33.2 Å². The van der Waals surface area contributed by atoms with Crippen LogP contribution >= 0.6 is 0 Å². The lowest BCUT2D eigenvalue weighted by Crippen LogP contribution is -2.63. The number of hydrogen-bond acceptors (Lipinski definition) is 15. The number of ether oxygens (including phenoxy) is 11. The van der Waals surface area contributed by atoms with Gasteiger partial charge in [-0.2, -0.15) is 0 Å². The molecule has 2 N–H and O–H groups in total. The zero-order valence-corrected chi connectivity index (χ0v) is 36.9. The van der Waals surface area contributed by atoms with Gasteiger partial charge in [0.1, 0.15) is 24.4 Å². The molecule has 0 saturated carbocycles. The second-order valence-electron chi connectivity index (χ2n) is 16.8. The summed E-state index contributed by atoms with van der Waals surface area (Å²) in [6, 6.07) is 7.01. The van der Waals surface area contributed by atoms with E-state index in [0.29, 0.717) is 34.6 Å². The summed E-state index contributed by atoms with van der Waals surface area (Å²) in [6.45, 7) is 4.28. The van der Waals surface area contributed by atoms with Crippen molar-refractivity contribution in [1.29, 1.82) is 0 Å². The third kappa shape index (κ3) is 11.1. The largest absolute Gasteiger partial charge is 0.514 e. The van der Waals surface area contributed by atoms with E-state index in [9.17, 15) is 19.8 Å². The lowest BCUT2D eigenvalue weighted by molar-refractivity contribution is -0.364. The van der Waals surface area contributed by atoms with Crippen LogP contribution in [0.2, 0.25) is 0 Å². The zero-order chi connectivity index (χ0) is 44.3. The van der Waals surface area contributed by atoms with Crippen LogP contribution in [0.25, 0.3) is 0 Å². The number of unbranched alkanes of at least 4 members (excludes halogenated alkanes) is 9. The molecule has 0 amide bonds. The molecule has 15 nitrogen and oxygen atoms in total. The molecule has 3 fully saturated rings. The molecule has 0 aromatic heterocycles. The number of cyclic esters (lactones) is 1. The first-order chi connectivity index (χ1) is 30.7. The number of benzene rings is 2. The number of allylic oxidation sites excluding steroid dienone is 4. The molecule has 2 aromatic rings. The fourth-order valence-corrected chi connectivity index (χ4v) is 9.18. The van der Waals surface area contributed by atoms with Crippen molar-refractivity contribution < 1.29 is 71.9 Å². The van der Waals surface area contributed by atoms with E-state index < -0.39 is 73.0 Å². The molecule has 4 aliphatic heterocycles. The van der Waals surface area contributed by atoms with Gasteiger partial charge < -0.3 is 62.3 Å². The van der Waals surface area contributed by atoms with Crippen molar-refractivity contribution >= 4 is 12.1 Å². The van der Waals surface area contributed by atoms with E-state index in [1.165, 1.54) is 52.7 Å². The lowest BCUT2D eigenvalue weighted by atomic mass is 9.66. The summed E-state index contributed by atoms with van der Waals surface area (Å²) in [5, 5.41) is 22.3. The fourth-order valence-electron chi connectivity index (χ4n) is 9.18. The Hall–Kier alpha value is -4.38. The predicted octanol–water partition coefficient (Wildman–Crippen LogP) is 7.96. The lowest BCUT2D eigenvalue weighted by Gasteiger charge is -2.47. The summed E-state index contributed by atoms with van der Waals surface area (Å²) in [5.41, 5.74) is 1.92. The summed E-state index contributed by atoms with van der Waals surface area (Å²) in [7, 11) is 2.89. The van der Waals surface area contributed by atoms with Crippen LogP contribution < -0.4 is 23.7 Å². The predicted molar refractivity (Wildman–Crippen MR) is 228 cm³/mol. The van der Waals surface area contributed by atoms with Gasteiger partial charge in [0.2, 0.25) is 12.5 Å². The van der Waals surface area contributed by atoms with Gasteiger partial charge in [0.25, 0.3) is 0 Å². The number of aliphatic hydroxyl groups excluding tert-OH is 2. The van der Waals surface area contributed by atoms with Gasteiger partial charge in [-0.15, -0.1) is 0 Å². The van der Waals surface area contributed by atoms with Gasteiger partial charge in [-0.25, -0.2) is 4.79 Å². The maximum atomic E-state index is 13.8. The topological polar surface area (TPSA) is 176 Å². The van der Waals surface area contributed by atoms with Crippen molar-refractivity contribution in [3.63, 3.8) is 0 Å². The Morgan fingerprint density at radius 2 is 1.46 bits per heavy atom. The molecule has 3 saturated heterocycles. The van der Waals surface area contributed by atoms with Gasteiger partial charge in [-0.1, -0.05) is 69.8 Å². The summed E-state index contributed by atoms with van der Waals surface area (Å²) in [4.78, 5) is 26.8. The quantitative estimate of drug-likeness (QED) is 0.0534. The number of carbonyl (C=O) groups excluding carboxylic acids is 2. The van der Waals surface area contributed by atoms with E-state index in [-0.39, 0.29) is 43.9 Å². The highest BCUT2D eigenvalue weighted by Crippen LogP contribution is 2.57. The van der Waals surface area contributed by atoms with Crippen molar-refractivity contribution in [2.24, 2.45) is 11.8 Å². The smallest absolute Gasteiger partial charge is 0.493 e. The Morgan fingerprint density at radius 3 is 2.16 bits per heavy atom. The number of esters is 1. The monoisotopic (exact) mass is 880 g/mol. The van der Waals surface area contributed by atoms with Gasteiger partial charge in [-0.3, -0.25) is 4.79 Å². The highest BCUT2D eigenvalue weighted by atomic mass is 16.8. The van der Waals surface area contributed by atoms with E-state index in [1.807, 2.05) is 6.07 Å². The molecule has 0 unspecified atom stereocenters. The number of aliphatic hydroxyl groups is 2. The Balaban J connectivity index is 0.984. The van der Waals surface area contributed by atoms with Gasteiger partial charge in [0.05, 0.1) is 46.1 Å². The van der Waals surface area contributed by atoms with Gasteiger partial charge in [0.15, 0.2) is 35.6 Å².